The maximum absolute atomic E-state index is 10.6. The van der Waals surface area contributed by atoms with Gasteiger partial charge in [-0.15, -0.1) is 11.3 Å². The van der Waals surface area contributed by atoms with Crippen molar-refractivity contribution in [3.63, 3.8) is 0 Å². The van der Waals surface area contributed by atoms with Gasteiger partial charge in [0, 0.05) is 4.70 Å². The molecule has 2 aromatic rings. The highest BCUT2D eigenvalue weighted by atomic mass is 32.1. The summed E-state index contributed by atoms with van der Waals surface area (Å²) in [5.41, 5.74) is 1.10. The van der Waals surface area contributed by atoms with Gasteiger partial charge in [0.15, 0.2) is 6.29 Å². The van der Waals surface area contributed by atoms with E-state index in [0.717, 1.165) is 16.7 Å². The molecule has 1 heterocycles. The van der Waals surface area contributed by atoms with Crippen molar-refractivity contribution in [2.24, 2.45) is 0 Å². The zero-order valence-corrected chi connectivity index (χ0v) is 9.52. The molecule has 0 radical (unpaired) electrons. The fourth-order valence-electron chi connectivity index (χ4n) is 1.31. The molecule has 0 fully saturated rings. The topological polar surface area (TPSA) is 17.1 Å². The third kappa shape index (κ3) is 1.85. The summed E-state index contributed by atoms with van der Waals surface area (Å²) < 4.78 is 1.19. The molecule has 1 aromatic heterocycles. The van der Waals surface area contributed by atoms with Gasteiger partial charge in [-0.25, -0.2) is 0 Å². The zero-order chi connectivity index (χ0) is 10.6. The molecule has 0 saturated heterocycles. The lowest BCUT2D eigenvalue weighted by molar-refractivity contribution is 0.112. The number of benzene rings is 1. The van der Waals surface area contributed by atoms with E-state index in [4.69, 9.17) is 0 Å². The zero-order valence-electron chi connectivity index (χ0n) is 8.70. The second-order valence-corrected chi connectivity index (χ2v) is 3.79. The molecule has 2 heteroatoms. The van der Waals surface area contributed by atoms with E-state index in [9.17, 15) is 4.79 Å². The van der Waals surface area contributed by atoms with Crippen molar-refractivity contribution < 1.29 is 4.79 Å². The van der Waals surface area contributed by atoms with E-state index in [2.05, 4.69) is 0 Å². The monoisotopic (exact) mass is 206 g/mol. The van der Waals surface area contributed by atoms with E-state index in [1.165, 1.54) is 10.1 Å². The lowest BCUT2D eigenvalue weighted by Crippen LogP contribution is -1.74. The van der Waals surface area contributed by atoms with E-state index < -0.39 is 0 Å². The van der Waals surface area contributed by atoms with Crippen LogP contribution in [0.2, 0.25) is 0 Å². The van der Waals surface area contributed by atoms with Crippen molar-refractivity contribution in [1.82, 2.24) is 0 Å². The number of rotatable bonds is 1. The van der Waals surface area contributed by atoms with E-state index in [1.807, 2.05) is 45.0 Å². The minimum absolute atomic E-state index is 0.844. The molecule has 0 N–H and O–H groups in total. The largest absolute Gasteiger partial charge is 0.297 e. The molecule has 0 spiro atoms. The quantitative estimate of drug-likeness (QED) is 0.643. The standard InChI is InChI=1S/C10H8OS.C2H6/c1-7-8-4-2-3-5-9(8)12-10(7)6-11;1-2/h2-6H,1H3;1-2H3. The lowest BCUT2D eigenvalue weighted by atomic mass is 10.2. The van der Waals surface area contributed by atoms with Gasteiger partial charge in [-0.2, -0.15) is 0 Å². The average molecular weight is 206 g/mol. The van der Waals surface area contributed by atoms with Gasteiger partial charge in [-0.3, -0.25) is 4.79 Å². The van der Waals surface area contributed by atoms with Crippen LogP contribution >= 0.6 is 11.3 Å². The van der Waals surface area contributed by atoms with E-state index >= 15 is 0 Å². The maximum atomic E-state index is 10.6. The van der Waals surface area contributed by atoms with Crippen LogP contribution in [-0.2, 0) is 0 Å². The van der Waals surface area contributed by atoms with Crippen LogP contribution in [-0.4, -0.2) is 6.29 Å². The summed E-state index contributed by atoms with van der Waals surface area (Å²) in [7, 11) is 0. The lowest BCUT2D eigenvalue weighted by Gasteiger charge is -1.88. The number of aldehydes is 1. The number of thiophene rings is 1. The molecule has 74 valence electrons. The Balaban J connectivity index is 0.000000461. The molecule has 0 saturated carbocycles. The van der Waals surface area contributed by atoms with Crippen LogP contribution in [0.1, 0.15) is 29.1 Å². The third-order valence-electron chi connectivity index (χ3n) is 1.99. The number of aryl methyl sites for hydroxylation is 1. The molecule has 0 unspecified atom stereocenters. The van der Waals surface area contributed by atoms with Crippen molar-refractivity contribution >= 4 is 27.7 Å². The maximum Gasteiger partial charge on any atom is 0.160 e. The number of carbonyl (C=O) groups excluding carboxylic acids is 1. The third-order valence-corrected chi connectivity index (χ3v) is 3.19. The normalized spacial score (nSPS) is 9.36. The summed E-state index contributed by atoms with van der Waals surface area (Å²) in [4.78, 5) is 11.5. The Hall–Kier alpha value is -1.15. The van der Waals surface area contributed by atoms with Gasteiger partial charge in [0.25, 0.3) is 0 Å². The molecule has 1 nitrogen and oxygen atoms in total. The van der Waals surface area contributed by atoms with E-state index in [0.29, 0.717) is 0 Å². The van der Waals surface area contributed by atoms with Crippen LogP contribution < -0.4 is 0 Å². The van der Waals surface area contributed by atoms with Crippen molar-refractivity contribution in [3.8, 4) is 0 Å². The second kappa shape index (κ2) is 4.91. The van der Waals surface area contributed by atoms with E-state index in [-0.39, 0.29) is 0 Å². The Morgan fingerprint density at radius 2 is 1.86 bits per heavy atom. The van der Waals surface area contributed by atoms with Crippen LogP contribution in [0.4, 0.5) is 0 Å². The fourth-order valence-corrected chi connectivity index (χ4v) is 2.33. The van der Waals surface area contributed by atoms with Crippen molar-refractivity contribution in [3.05, 3.63) is 34.7 Å². The summed E-state index contributed by atoms with van der Waals surface area (Å²) in [6.07, 6.45) is 0.931. The number of fused-ring (bicyclic) bond motifs is 1. The first kappa shape index (κ1) is 10.9. The minimum Gasteiger partial charge on any atom is -0.297 e. The van der Waals surface area contributed by atoms with E-state index in [1.54, 1.807) is 11.3 Å². The first-order chi connectivity index (χ1) is 6.83. The summed E-state index contributed by atoms with van der Waals surface area (Å²) in [6.45, 7) is 5.99. The first-order valence-corrected chi connectivity index (χ1v) is 5.58. The average Bonchev–Trinajstić information content (AvgIpc) is 2.59. The molecule has 0 aliphatic rings. The summed E-state index contributed by atoms with van der Waals surface area (Å²) in [6, 6.07) is 8.08. The Morgan fingerprint density at radius 1 is 1.21 bits per heavy atom. The molecule has 0 bridgehead atoms. The summed E-state index contributed by atoms with van der Waals surface area (Å²) >= 11 is 1.56. The van der Waals surface area contributed by atoms with Gasteiger partial charge < -0.3 is 0 Å². The van der Waals surface area contributed by atoms with Gasteiger partial charge in [0.2, 0.25) is 0 Å². The molecule has 0 amide bonds. The van der Waals surface area contributed by atoms with Gasteiger partial charge in [-0.05, 0) is 23.9 Å². The van der Waals surface area contributed by atoms with Crippen LogP contribution in [0.3, 0.4) is 0 Å². The Bertz CT molecular complexity index is 429. The highest BCUT2D eigenvalue weighted by molar-refractivity contribution is 7.20. The van der Waals surface area contributed by atoms with Crippen LogP contribution in [0.5, 0.6) is 0 Å². The molecule has 0 aliphatic heterocycles. The molecule has 1 aromatic carbocycles. The predicted molar refractivity (Wildman–Crippen MR) is 63.3 cm³/mol. The Morgan fingerprint density at radius 3 is 2.43 bits per heavy atom. The summed E-state index contributed by atoms with van der Waals surface area (Å²) in [5.74, 6) is 0. The van der Waals surface area contributed by atoms with Crippen molar-refractivity contribution in [2.75, 3.05) is 0 Å². The highest BCUT2D eigenvalue weighted by Crippen LogP contribution is 2.28. The highest BCUT2D eigenvalue weighted by Gasteiger charge is 2.05. The molecular weight excluding hydrogens is 192 g/mol. The predicted octanol–water partition coefficient (Wildman–Crippen LogP) is 4.05. The summed E-state index contributed by atoms with van der Waals surface area (Å²) in [5, 5.41) is 1.20. The van der Waals surface area contributed by atoms with Gasteiger partial charge >= 0.3 is 0 Å². The molecule has 14 heavy (non-hydrogen) atoms. The Kier molecular flexibility index (Phi) is 3.84. The van der Waals surface area contributed by atoms with Crippen LogP contribution in [0.15, 0.2) is 24.3 Å². The van der Waals surface area contributed by atoms with Crippen LogP contribution in [0.25, 0.3) is 10.1 Å². The van der Waals surface area contributed by atoms with Gasteiger partial charge in [0.05, 0.1) is 4.88 Å². The Labute approximate surface area is 88.4 Å². The fraction of sp³-hybridized carbons (Fsp3) is 0.250. The number of hydrogen-bond acceptors (Lipinski definition) is 2. The minimum atomic E-state index is 0.844. The number of carbonyl (C=O) groups is 1. The molecule has 2 rings (SSSR count). The smallest absolute Gasteiger partial charge is 0.160 e. The molecular formula is C12H14OS. The molecule has 0 aliphatic carbocycles. The van der Waals surface area contributed by atoms with Gasteiger partial charge in [0.1, 0.15) is 0 Å². The van der Waals surface area contributed by atoms with Gasteiger partial charge in [-0.1, -0.05) is 32.0 Å². The first-order valence-electron chi connectivity index (χ1n) is 4.76. The van der Waals surface area contributed by atoms with Crippen molar-refractivity contribution in [2.45, 2.75) is 20.8 Å². The SMILES string of the molecule is CC.Cc1c(C=O)sc2ccccc12. The number of hydrogen-bond donors (Lipinski definition) is 0. The van der Waals surface area contributed by atoms with Crippen LogP contribution in [0, 0.1) is 6.92 Å². The van der Waals surface area contributed by atoms with Crippen molar-refractivity contribution in [1.29, 1.82) is 0 Å². The molecule has 0 atom stereocenters. The second-order valence-electron chi connectivity index (χ2n) is 2.71.